The molecule has 0 saturated heterocycles. The summed E-state index contributed by atoms with van der Waals surface area (Å²) in [5.74, 6) is 1.92. The lowest BCUT2D eigenvalue weighted by molar-refractivity contribution is 0.496. The average molecular weight is 504 g/mol. The Morgan fingerprint density at radius 3 is 1.71 bits per heavy atom. The molecule has 0 saturated carbocycles. The fraction of sp³-hybridized carbons (Fsp3) is 0.0714. The summed E-state index contributed by atoms with van der Waals surface area (Å²) in [5.41, 5.74) is 1.91. The van der Waals surface area contributed by atoms with Crippen LogP contribution in [-0.4, -0.2) is 12.7 Å². The molecule has 0 spiro atoms. The number of aryl methyl sites for hydroxylation is 1. The van der Waals surface area contributed by atoms with Crippen molar-refractivity contribution in [2.45, 2.75) is 18.4 Å². The van der Waals surface area contributed by atoms with Crippen LogP contribution in [0.25, 0.3) is 0 Å². The monoisotopic (exact) mass is 503 g/mol. The second-order valence-electron chi connectivity index (χ2n) is 7.98. The average Bonchev–Trinajstić information content (AvgIpc) is 2.88. The van der Waals surface area contributed by atoms with Gasteiger partial charge in [0.25, 0.3) is 10.0 Å². The molecule has 0 aliphatic rings. The van der Waals surface area contributed by atoms with Crippen LogP contribution in [0.15, 0.2) is 132 Å². The van der Waals surface area contributed by atoms with Crippen LogP contribution in [0.1, 0.15) is 11.1 Å². The summed E-state index contributed by atoms with van der Waals surface area (Å²) in [4.78, 5) is 0.256. The molecule has 0 radical (unpaired) electrons. The van der Waals surface area contributed by atoms with Crippen LogP contribution in [0.3, 0.4) is 0 Å². The first-order valence-electron chi connectivity index (χ1n) is 10.9. The summed E-state index contributed by atoms with van der Waals surface area (Å²) >= 11 is 6.28. The molecule has 4 aromatic rings. The Labute approximate surface area is 207 Å². The highest BCUT2D eigenvalue weighted by molar-refractivity contribution is 8.23. The molecule has 0 aliphatic carbocycles. The van der Waals surface area contributed by atoms with E-state index in [4.69, 9.17) is 11.8 Å². The van der Waals surface area contributed by atoms with Crippen molar-refractivity contribution in [3.63, 3.8) is 0 Å². The molecule has 0 atom stereocenters. The van der Waals surface area contributed by atoms with Gasteiger partial charge in [-0.2, -0.15) is 0 Å². The molecule has 4 rings (SSSR count). The summed E-state index contributed by atoms with van der Waals surface area (Å²) in [7, 11) is -3.78. The molecule has 34 heavy (non-hydrogen) atoms. The van der Waals surface area contributed by atoms with Gasteiger partial charge in [0.2, 0.25) is 0 Å². The van der Waals surface area contributed by atoms with E-state index in [1.165, 1.54) is 4.31 Å². The standard InChI is InChI=1S/C28H26NO2PS2/c1-24-17-19-28(20-18-24)34(30,31)29(23-25-11-5-2-6-12-25)21-22-32(33,26-13-7-3-8-14-26)27-15-9-4-10-16-27/h2-22H,23H2,1H3/b22-21+. The molecule has 172 valence electrons. The fourth-order valence-electron chi connectivity index (χ4n) is 3.62. The van der Waals surface area contributed by atoms with Crippen molar-refractivity contribution in [1.82, 2.24) is 4.31 Å². The maximum Gasteiger partial charge on any atom is 0.264 e. The third-order valence-electron chi connectivity index (χ3n) is 5.53. The summed E-state index contributed by atoms with van der Waals surface area (Å²) in [5, 5.41) is 2.03. The fourth-order valence-corrected chi connectivity index (χ4v) is 8.11. The lowest BCUT2D eigenvalue weighted by Gasteiger charge is -2.24. The second-order valence-corrected chi connectivity index (χ2v) is 14.2. The van der Waals surface area contributed by atoms with E-state index in [1.54, 1.807) is 18.3 Å². The van der Waals surface area contributed by atoms with E-state index >= 15 is 0 Å². The zero-order chi connectivity index (χ0) is 24.0. The largest absolute Gasteiger partial charge is 0.269 e. The first-order chi connectivity index (χ1) is 16.4. The Kier molecular flexibility index (Phi) is 7.47. The van der Waals surface area contributed by atoms with Gasteiger partial charge in [0.05, 0.1) is 11.4 Å². The highest BCUT2D eigenvalue weighted by Gasteiger charge is 2.24. The molecular weight excluding hydrogens is 477 g/mol. The lowest BCUT2D eigenvalue weighted by atomic mass is 10.2. The molecule has 6 heteroatoms. The van der Waals surface area contributed by atoms with Crippen LogP contribution in [0.4, 0.5) is 0 Å². The Hall–Kier alpha value is -2.98. The zero-order valence-corrected chi connectivity index (χ0v) is 21.4. The summed E-state index contributed by atoms with van der Waals surface area (Å²) in [6.45, 7) is 2.15. The minimum atomic E-state index is -3.78. The predicted octanol–water partition coefficient (Wildman–Crippen LogP) is 5.79. The minimum Gasteiger partial charge on any atom is -0.269 e. The number of nitrogens with zero attached hydrogens (tertiary/aromatic N) is 1. The number of sulfonamides is 1. The normalized spacial score (nSPS) is 12.0. The van der Waals surface area contributed by atoms with E-state index in [1.807, 2.05) is 116 Å². The van der Waals surface area contributed by atoms with E-state index in [2.05, 4.69) is 0 Å². The Balaban J connectivity index is 1.81. The highest BCUT2D eigenvalue weighted by atomic mass is 32.4. The van der Waals surface area contributed by atoms with Gasteiger partial charge in [-0.3, -0.25) is 4.31 Å². The first kappa shape index (κ1) is 24.2. The van der Waals surface area contributed by atoms with Crippen LogP contribution in [0.2, 0.25) is 0 Å². The lowest BCUT2D eigenvalue weighted by Crippen LogP contribution is -2.26. The van der Waals surface area contributed by atoms with Crippen molar-refractivity contribution < 1.29 is 8.42 Å². The number of benzene rings is 4. The second kappa shape index (κ2) is 10.5. The molecule has 0 unspecified atom stereocenters. The number of hydrogen-bond donors (Lipinski definition) is 0. The third-order valence-corrected chi connectivity index (χ3v) is 11.6. The van der Waals surface area contributed by atoms with Gasteiger partial charge in [-0.15, -0.1) is 0 Å². The molecule has 0 aromatic heterocycles. The highest BCUT2D eigenvalue weighted by Crippen LogP contribution is 2.45. The summed E-state index contributed by atoms with van der Waals surface area (Å²) in [6.07, 6.45) is 1.67. The van der Waals surface area contributed by atoms with E-state index in [0.717, 1.165) is 21.7 Å². The Morgan fingerprint density at radius 2 is 1.21 bits per heavy atom. The molecule has 0 aliphatic heterocycles. The Morgan fingerprint density at radius 1 is 0.735 bits per heavy atom. The van der Waals surface area contributed by atoms with E-state index < -0.39 is 16.1 Å². The SMILES string of the molecule is Cc1ccc(S(=O)(=O)N(/C=C/P(=S)(c2ccccc2)c2ccccc2)Cc2ccccc2)cc1. The van der Waals surface area contributed by atoms with Crippen LogP contribution in [-0.2, 0) is 28.4 Å². The maximum absolute atomic E-state index is 13.7. The molecule has 0 N–H and O–H groups in total. The number of hydrogen-bond acceptors (Lipinski definition) is 3. The van der Waals surface area contributed by atoms with Gasteiger partial charge in [0.1, 0.15) is 0 Å². The van der Waals surface area contributed by atoms with Gasteiger partial charge in [-0.25, -0.2) is 8.42 Å². The van der Waals surface area contributed by atoms with Gasteiger partial charge in [0, 0.05) is 12.2 Å². The quantitative estimate of drug-likeness (QED) is 0.286. The molecule has 0 heterocycles. The smallest absolute Gasteiger partial charge is 0.264 e. The van der Waals surface area contributed by atoms with Gasteiger partial charge in [-0.05, 0) is 41.0 Å². The van der Waals surface area contributed by atoms with E-state index in [-0.39, 0.29) is 11.4 Å². The van der Waals surface area contributed by atoms with Crippen molar-refractivity contribution in [3.8, 4) is 0 Å². The zero-order valence-electron chi connectivity index (χ0n) is 18.9. The van der Waals surface area contributed by atoms with Crippen molar-refractivity contribution in [2.75, 3.05) is 0 Å². The first-order valence-corrected chi connectivity index (χ1v) is 15.2. The van der Waals surface area contributed by atoms with Gasteiger partial charge in [0.15, 0.2) is 0 Å². The van der Waals surface area contributed by atoms with Gasteiger partial charge < -0.3 is 0 Å². The van der Waals surface area contributed by atoms with Crippen molar-refractivity contribution in [2.24, 2.45) is 0 Å². The number of rotatable bonds is 8. The van der Waals surface area contributed by atoms with Crippen molar-refractivity contribution in [3.05, 3.63) is 138 Å². The van der Waals surface area contributed by atoms with Crippen LogP contribution < -0.4 is 10.6 Å². The topological polar surface area (TPSA) is 37.4 Å². The van der Waals surface area contributed by atoms with Gasteiger partial charge >= 0.3 is 0 Å². The molecular formula is C28H26NO2PS2. The van der Waals surface area contributed by atoms with Crippen LogP contribution in [0.5, 0.6) is 0 Å². The van der Waals surface area contributed by atoms with Crippen molar-refractivity contribution in [1.29, 1.82) is 0 Å². The maximum atomic E-state index is 13.7. The summed E-state index contributed by atoms with van der Waals surface area (Å²) < 4.78 is 28.8. The van der Waals surface area contributed by atoms with Crippen molar-refractivity contribution >= 4 is 38.5 Å². The van der Waals surface area contributed by atoms with E-state index in [0.29, 0.717) is 0 Å². The van der Waals surface area contributed by atoms with Crippen LogP contribution >= 0.6 is 6.04 Å². The van der Waals surface area contributed by atoms with E-state index in [9.17, 15) is 8.42 Å². The molecule has 4 aromatic carbocycles. The summed E-state index contributed by atoms with van der Waals surface area (Å²) in [6, 6.07) is 34.0. The molecule has 0 fully saturated rings. The van der Waals surface area contributed by atoms with Gasteiger partial charge in [-0.1, -0.05) is 120 Å². The Bertz CT molecular complexity index is 1360. The van der Waals surface area contributed by atoms with Crippen LogP contribution in [0, 0.1) is 6.92 Å². The molecule has 3 nitrogen and oxygen atoms in total. The third kappa shape index (κ3) is 5.39. The molecule has 0 amide bonds. The predicted molar refractivity (Wildman–Crippen MR) is 146 cm³/mol. The minimum absolute atomic E-state index is 0.215. The molecule has 0 bridgehead atoms.